The van der Waals surface area contributed by atoms with Gasteiger partial charge in [0.15, 0.2) is 0 Å². The zero-order valence-electron chi connectivity index (χ0n) is 14.5. The van der Waals surface area contributed by atoms with E-state index in [9.17, 15) is 13.2 Å². The number of benzene rings is 1. The normalized spacial score (nSPS) is 14.4. The lowest BCUT2D eigenvalue weighted by atomic mass is 10.2. The second-order valence-corrected chi connectivity index (χ2v) is 5.77. The molecule has 0 spiro atoms. The van der Waals surface area contributed by atoms with Gasteiger partial charge in [-0.05, 0) is 24.3 Å². The van der Waals surface area contributed by atoms with Crippen LogP contribution in [-0.4, -0.2) is 44.4 Å². The Morgan fingerprint density at radius 3 is 2.30 bits per heavy atom. The molecule has 0 bridgehead atoms. The third kappa shape index (κ3) is 5.90. The monoisotopic (exact) mass is 403 g/mol. The van der Waals surface area contributed by atoms with Gasteiger partial charge < -0.3 is 19.7 Å². The zero-order valence-corrected chi connectivity index (χ0v) is 15.4. The highest BCUT2D eigenvalue weighted by molar-refractivity contribution is 5.85. The molecule has 27 heavy (non-hydrogen) atoms. The van der Waals surface area contributed by atoms with Crippen LogP contribution in [0.5, 0.6) is 11.6 Å². The number of para-hydroxylation sites is 1. The van der Waals surface area contributed by atoms with E-state index >= 15 is 0 Å². The second-order valence-electron chi connectivity index (χ2n) is 5.77. The van der Waals surface area contributed by atoms with Crippen molar-refractivity contribution in [2.75, 3.05) is 44.3 Å². The molecule has 1 aliphatic heterocycles. The minimum Gasteiger partial charge on any atom is -0.490 e. The van der Waals surface area contributed by atoms with Gasteiger partial charge in [-0.1, -0.05) is 18.2 Å². The fraction of sp³-hybridized carbons (Fsp3) is 0.389. The Kier molecular flexibility index (Phi) is 7.55. The van der Waals surface area contributed by atoms with Crippen molar-refractivity contribution in [3.05, 3.63) is 48.0 Å². The molecule has 3 rings (SSSR count). The summed E-state index contributed by atoms with van der Waals surface area (Å²) < 4.78 is 50.4. The highest BCUT2D eigenvalue weighted by Crippen LogP contribution is 2.36. The molecule has 1 aromatic heterocycles. The summed E-state index contributed by atoms with van der Waals surface area (Å²) in [4.78, 5) is 6.04. The molecule has 5 nitrogen and oxygen atoms in total. The highest BCUT2D eigenvalue weighted by Gasteiger charge is 2.36. The summed E-state index contributed by atoms with van der Waals surface area (Å²) in [7, 11) is 0. The average molecular weight is 404 g/mol. The van der Waals surface area contributed by atoms with Crippen LogP contribution < -0.4 is 19.7 Å². The van der Waals surface area contributed by atoms with E-state index in [0.717, 1.165) is 19.2 Å². The van der Waals surface area contributed by atoms with E-state index in [2.05, 4.69) is 10.3 Å². The maximum atomic E-state index is 13.2. The number of ether oxygens (including phenoxy) is 2. The first-order chi connectivity index (χ1) is 12.5. The minimum absolute atomic E-state index is 0. The number of pyridine rings is 1. The Labute approximate surface area is 161 Å². The smallest absolute Gasteiger partial charge is 0.421 e. The van der Waals surface area contributed by atoms with Crippen molar-refractivity contribution in [3.63, 3.8) is 0 Å². The van der Waals surface area contributed by atoms with Crippen molar-refractivity contribution in [1.82, 2.24) is 10.3 Å². The number of rotatable bonds is 6. The van der Waals surface area contributed by atoms with Gasteiger partial charge in [-0.15, -0.1) is 12.4 Å². The summed E-state index contributed by atoms with van der Waals surface area (Å²) in [5, 5.41) is 3.19. The van der Waals surface area contributed by atoms with E-state index in [1.807, 2.05) is 23.1 Å². The van der Waals surface area contributed by atoms with Gasteiger partial charge in [0.05, 0.1) is 0 Å². The van der Waals surface area contributed by atoms with Crippen molar-refractivity contribution in [1.29, 1.82) is 0 Å². The summed E-state index contributed by atoms with van der Waals surface area (Å²) in [6, 6.07) is 11.4. The molecule has 1 aromatic carbocycles. The number of halogens is 4. The van der Waals surface area contributed by atoms with E-state index in [4.69, 9.17) is 9.47 Å². The Balaban J connectivity index is 0.00000261. The third-order valence-electron chi connectivity index (χ3n) is 3.93. The number of nitrogens with one attached hydrogen (secondary N) is 1. The number of nitrogens with zero attached hydrogens (tertiary/aromatic N) is 2. The maximum absolute atomic E-state index is 13.2. The molecule has 0 aliphatic carbocycles. The van der Waals surface area contributed by atoms with Gasteiger partial charge in [-0.2, -0.15) is 18.2 Å². The number of piperazine rings is 1. The molecule has 0 amide bonds. The predicted molar refractivity (Wildman–Crippen MR) is 99.0 cm³/mol. The largest absolute Gasteiger partial charge is 0.490 e. The summed E-state index contributed by atoms with van der Waals surface area (Å²) in [6.07, 6.45) is -4.52. The first-order valence-corrected chi connectivity index (χ1v) is 8.38. The van der Waals surface area contributed by atoms with Gasteiger partial charge in [-0.3, -0.25) is 0 Å². The standard InChI is InChI=1S/C18H20F3N3O2.ClH/c19-18(20,21)15-6-7-16(24-10-8-22-9-11-24)23-17(15)26-13-12-25-14-4-2-1-3-5-14;/h1-7,22H,8-13H2;1H. The van der Waals surface area contributed by atoms with E-state index in [0.29, 0.717) is 24.7 Å². The molecule has 148 valence electrons. The number of hydrogen-bond acceptors (Lipinski definition) is 5. The van der Waals surface area contributed by atoms with Gasteiger partial charge >= 0.3 is 6.18 Å². The summed E-state index contributed by atoms with van der Waals surface area (Å²) in [6.45, 7) is 3.01. The van der Waals surface area contributed by atoms with Gasteiger partial charge in [0.25, 0.3) is 0 Å². The number of hydrogen-bond donors (Lipinski definition) is 1. The Bertz CT molecular complexity index is 711. The van der Waals surface area contributed by atoms with Crippen molar-refractivity contribution in [3.8, 4) is 11.6 Å². The predicted octanol–water partition coefficient (Wildman–Crippen LogP) is 3.39. The molecule has 2 aromatic rings. The third-order valence-corrected chi connectivity index (χ3v) is 3.93. The Morgan fingerprint density at radius 2 is 1.63 bits per heavy atom. The summed E-state index contributed by atoms with van der Waals surface area (Å²) in [5.74, 6) is 0.707. The summed E-state index contributed by atoms with van der Waals surface area (Å²) >= 11 is 0. The summed E-state index contributed by atoms with van der Waals surface area (Å²) in [5.41, 5.74) is -0.879. The first kappa shape index (κ1) is 21.1. The quantitative estimate of drug-likeness (QED) is 0.749. The van der Waals surface area contributed by atoms with E-state index in [1.54, 1.807) is 12.1 Å². The number of anilines is 1. The minimum atomic E-state index is -4.52. The first-order valence-electron chi connectivity index (χ1n) is 8.38. The van der Waals surface area contributed by atoms with Crippen molar-refractivity contribution >= 4 is 18.2 Å². The van der Waals surface area contributed by atoms with Gasteiger partial charge in [0.2, 0.25) is 5.88 Å². The molecule has 0 saturated carbocycles. The van der Waals surface area contributed by atoms with Crippen LogP contribution in [0.15, 0.2) is 42.5 Å². The molecule has 0 radical (unpaired) electrons. The molecule has 0 atom stereocenters. The fourth-order valence-corrected chi connectivity index (χ4v) is 2.64. The topological polar surface area (TPSA) is 46.6 Å². The van der Waals surface area contributed by atoms with Crippen LogP contribution in [0.3, 0.4) is 0 Å². The fourth-order valence-electron chi connectivity index (χ4n) is 2.64. The van der Waals surface area contributed by atoms with Crippen LogP contribution in [-0.2, 0) is 6.18 Å². The maximum Gasteiger partial charge on any atom is 0.421 e. The van der Waals surface area contributed by atoms with Crippen molar-refractivity contribution in [2.24, 2.45) is 0 Å². The van der Waals surface area contributed by atoms with E-state index in [1.165, 1.54) is 6.07 Å². The highest BCUT2D eigenvalue weighted by atomic mass is 35.5. The van der Waals surface area contributed by atoms with Crippen LogP contribution in [0.1, 0.15) is 5.56 Å². The molecule has 1 N–H and O–H groups in total. The van der Waals surface area contributed by atoms with E-state index in [-0.39, 0.29) is 25.6 Å². The molecule has 2 heterocycles. The van der Waals surface area contributed by atoms with E-state index < -0.39 is 17.6 Å². The Morgan fingerprint density at radius 1 is 0.963 bits per heavy atom. The van der Waals surface area contributed by atoms with Crippen LogP contribution in [0, 0.1) is 0 Å². The van der Waals surface area contributed by atoms with Crippen molar-refractivity contribution in [2.45, 2.75) is 6.18 Å². The van der Waals surface area contributed by atoms with Gasteiger partial charge in [0, 0.05) is 26.2 Å². The van der Waals surface area contributed by atoms with Crippen molar-refractivity contribution < 1.29 is 22.6 Å². The lowest BCUT2D eigenvalue weighted by Crippen LogP contribution is -2.43. The van der Waals surface area contributed by atoms with Crippen LogP contribution in [0.25, 0.3) is 0 Å². The second kappa shape index (κ2) is 9.66. The number of aromatic nitrogens is 1. The molecule has 1 saturated heterocycles. The average Bonchev–Trinajstić information content (AvgIpc) is 2.66. The molecular formula is C18H21ClF3N3O2. The molecule has 9 heteroatoms. The van der Waals surface area contributed by atoms with Crippen LogP contribution >= 0.6 is 12.4 Å². The Hall–Kier alpha value is -2.19. The van der Waals surface area contributed by atoms with Crippen LogP contribution in [0.2, 0.25) is 0 Å². The number of alkyl halides is 3. The van der Waals surface area contributed by atoms with Gasteiger partial charge in [0.1, 0.15) is 30.3 Å². The molecular weight excluding hydrogens is 383 g/mol. The lowest BCUT2D eigenvalue weighted by Gasteiger charge is -2.29. The zero-order chi connectivity index (χ0) is 18.4. The molecule has 1 aliphatic rings. The molecule has 1 fully saturated rings. The molecule has 0 unspecified atom stereocenters. The lowest BCUT2D eigenvalue weighted by molar-refractivity contribution is -0.139. The van der Waals surface area contributed by atoms with Crippen LogP contribution in [0.4, 0.5) is 19.0 Å². The SMILES string of the molecule is Cl.FC(F)(F)c1ccc(N2CCNCC2)nc1OCCOc1ccccc1. The van der Waals surface area contributed by atoms with Gasteiger partial charge in [-0.25, -0.2) is 0 Å².